The third-order valence-corrected chi connectivity index (χ3v) is 5.75. The smallest absolute Gasteiger partial charge is 0.419 e. The average molecular weight is 575 g/mol. The van der Waals surface area contributed by atoms with E-state index in [9.17, 15) is 18.8 Å². The molecule has 0 bridgehead atoms. The molecule has 1 amide bonds. The fourth-order valence-corrected chi connectivity index (χ4v) is 4.42. The summed E-state index contributed by atoms with van der Waals surface area (Å²) in [5.41, 5.74) is 1.72. The van der Waals surface area contributed by atoms with Crippen LogP contribution in [0, 0.1) is 5.82 Å². The number of esters is 1. The van der Waals surface area contributed by atoms with Gasteiger partial charge in [0, 0.05) is 28.6 Å². The van der Waals surface area contributed by atoms with Crippen LogP contribution in [0.4, 0.5) is 9.18 Å². The number of allylic oxidation sites excluding steroid dienone is 1. The summed E-state index contributed by atoms with van der Waals surface area (Å²) in [6, 6.07) is 3.16. The van der Waals surface area contributed by atoms with Gasteiger partial charge in [-0.1, -0.05) is 41.2 Å². The molecule has 0 aliphatic carbocycles. The maximum absolute atomic E-state index is 13.9. The first-order chi connectivity index (χ1) is 17.3. The molecule has 1 N–H and O–H groups in total. The van der Waals surface area contributed by atoms with Crippen molar-refractivity contribution in [2.24, 2.45) is 0 Å². The van der Waals surface area contributed by atoms with E-state index in [0.29, 0.717) is 32.6 Å². The Morgan fingerprint density at radius 3 is 2.35 bits per heavy atom. The molecule has 0 saturated carbocycles. The van der Waals surface area contributed by atoms with Crippen molar-refractivity contribution in [2.45, 2.75) is 51.7 Å². The molecule has 2 rings (SSSR count). The second kappa shape index (κ2) is 12.7. The third kappa shape index (κ3) is 7.76. The van der Waals surface area contributed by atoms with Crippen LogP contribution in [0.5, 0.6) is 0 Å². The minimum Gasteiger partial charge on any atom is -0.467 e. The molecule has 0 spiro atoms. The third-order valence-electron chi connectivity index (χ3n) is 5.29. The lowest BCUT2D eigenvalue weighted by atomic mass is 10.0. The van der Waals surface area contributed by atoms with Crippen LogP contribution in [0.2, 0.25) is 0 Å². The zero-order valence-corrected chi connectivity index (χ0v) is 23.1. The lowest BCUT2D eigenvalue weighted by Gasteiger charge is -2.21. The van der Waals surface area contributed by atoms with Gasteiger partial charge in [0.1, 0.15) is 17.5 Å². The van der Waals surface area contributed by atoms with E-state index in [1.165, 1.54) is 36.0 Å². The van der Waals surface area contributed by atoms with E-state index in [1.807, 2.05) is 0 Å². The number of carbonyl (C=O) groups excluding carboxylic acids is 3. The standard InChI is InChI=1S/C28H32BrFN2O5/c1-8-11-24-21(20(9-2)23(10-3)32(24)27(35)37-28(4,5)6)16-25(33)31-22(26(34)36-7)14-17-12-18(29)15-19(30)13-17/h8-10,12-13,15,22H,1-3,11,14,16H2,4-7H3,(H,31,33). The van der Waals surface area contributed by atoms with E-state index >= 15 is 0 Å². The van der Waals surface area contributed by atoms with Crippen molar-refractivity contribution in [2.75, 3.05) is 7.11 Å². The van der Waals surface area contributed by atoms with Crippen LogP contribution < -0.4 is 5.32 Å². The number of amides is 1. The first-order valence-corrected chi connectivity index (χ1v) is 12.3. The van der Waals surface area contributed by atoms with Gasteiger partial charge in [-0.3, -0.25) is 4.79 Å². The van der Waals surface area contributed by atoms with Gasteiger partial charge in [-0.05, 0) is 56.2 Å². The highest BCUT2D eigenvalue weighted by atomic mass is 79.9. The number of methoxy groups -OCH3 is 1. The molecule has 198 valence electrons. The Morgan fingerprint density at radius 2 is 1.84 bits per heavy atom. The summed E-state index contributed by atoms with van der Waals surface area (Å²) >= 11 is 3.23. The topological polar surface area (TPSA) is 86.6 Å². The molecule has 2 aromatic rings. The van der Waals surface area contributed by atoms with Crippen LogP contribution in [0.1, 0.15) is 48.8 Å². The Hall–Kier alpha value is -3.46. The fraction of sp³-hybridized carbons (Fsp3) is 0.321. The zero-order valence-electron chi connectivity index (χ0n) is 21.5. The van der Waals surface area contributed by atoms with E-state index in [-0.39, 0.29) is 19.3 Å². The lowest BCUT2D eigenvalue weighted by molar-refractivity contribution is -0.145. The average Bonchev–Trinajstić information content (AvgIpc) is 3.08. The predicted octanol–water partition coefficient (Wildman–Crippen LogP) is 5.63. The van der Waals surface area contributed by atoms with Gasteiger partial charge in [-0.25, -0.2) is 18.5 Å². The minimum atomic E-state index is -1.06. The summed E-state index contributed by atoms with van der Waals surface area (Å²) in [6.45, 7) is 16.7. The Morgan fingerprint density at radius 1 is 1.16 bits per heavy atom. The molecule has 1 atom stereocenters. The van der Waals surface area contributed by atoms with Gasteiger partial charge in [0.05, 0.1) is 19.2 Å². The second-order valence-corrected chi connectivity index (χ2v) is 10.2. The molecule has 0 saturated heterocycles. The first kappa shape index (κ1) is 29.8. The van der Waals surface area contributed by atoms with Crippen LogP contribution in [-0.4, -0.2) is 41.3 Å². The molecule has 1 aromatic carbocycles. The van der Waals surface area contributed by atoms with Crippen LogP contribution in [0.3, 0.4) is 0 Å². The SMILES string of the molecule is C=CCc1c(CC(=O)NC(Cc2cc(F)cc(Br)c2)C(=O)OC)c(C=C)c(C=C)n1C(=O)OC(C)(C)C. The predicted molar refractivity (Wildman–Crippen MR) is 146 cm³/mol. The van der Waals surface area contributed by atoms with Gasteiger partial charge in [-0.2, -0.15) is 0 Å². The van der Waals surface area contributed by atoms with Gasteiger partial charge >= 0.3 is 12.1 Å². The van der Waals surface area contributed by atoms with Crippen LogP contribution >= 0.6 is 15.9 Å². The molecule has 37 heavy (non-hydrogen) atoms. The van der Waals surface area contributed by atoms with Crippen molar-refractivity contribution < 1.29 is 28.2 Å². The summed E-state index contributed by atoms with van der Waals surface area (Å²) in [5, 5.41) is 2.68. The number of nitrogens with one attached hydrogen (secondary N) is 1. The Bertz CT molecular complexity index is 1210. The maximum Gasteiger partial charge on any atom is 0.419 e. The summed E-state index contributed by atoms with van der Waals surface area (Å²) in [5.74, 6) is -1.66. The van der Waals surface area contributed by atoms with E-state index in [0.717, 1.165) is 0 Å². The summed E-state index contributed by atoms with van der Waals surface area (Å²) < 4.78 is 26.2. The largest absolute Gasteiger partial charge is 0.467 e. The van der Waals surface area contributed by atoms with Gasteiger partial charge in [0.15, 0.2) is 0 Å². The highest BCUT2D eigenvalue weighted by molar-refractivity contribution is 9.10. The molecule has 9 heteroatoms. The van der Waals surface area contributed by atoms with E-state index < -0.39 is 35.4 Å². The lowest BCUT2D eigenvalue weighted by Crippen LogP contribution is -2.43. The zero-order chi connectivity index (χ0) is 27.9. The maximum atomic E-state index is 13.9. The van der Waals surface area contributed by atoms with E-state index in [1.54, 1.807) is 32.9 Å². The summed E-state index contributed by atoms with van der Waals surface area (Å²) in [7, 11) is 1.21. The quantitative estimate of drug-likeness (QED) is 0.293. The van der Waals surface area contributed by atoms with Gasteiger partial charge < -0.3 is 14.8 Å². The normalized spacial score (nSPS) is 11.8. The van der Waals surface area contributed by atoms with Crippen molar-refractivity contribution in [3.63, 3.8) is 0 Å². The molecular formula is C28H32BrFN2O5. The molecule has 0 fully saturated rings. The number of nitrogens with zero attached hydrogens (tertiary/aromatic N) is 1. The molecular weight excluding hydrogens is 543 g/mol. The number of carbonyl (C=O) groups is 3. The van der Waals surface area contributed by atoms with Crippen molar-refractivity contribution in [3.8, 4) is 0 Å². The Kier molecular flexibility index (Phi) is 10.2. The molecule has 1 unspecified atom stereocenters. The van der Waals surface area contributed by atoms with Gasteiger partial charge in [0.25, 0.3) is 0 Å². The first-order valence-electron chi connectivity index (χ1n) is 11.5. The van der Waals surface area contributed by atoms with Gasteiger partial charge in [-0.15, -0.1) is 6.58 Å². The number of ether oxygens (including phenoxy) is 2. The molecule has 1 heterocycles. The number of benzene rings is 1. The molecule has 7 nitrogen and oxygen atoms in total. The second-order valence-electron chi connectivity index (χ2n) is 9.24. The van der Waals surface area contributed by atoms with Crippen molar-refractivity contribution in [1.29, 1.82) is 0 Å². The summed E-state index contributed by atoms with van der Waals surface area (Å²) in [6.07, 6.45) is 4.10. The fourth-order valence-electron chi connectivity index (χ4n) is 3.91. The molecule has 0 radical (unpaired) electrons. The van der Waals surface area contributed by atoms with E-state index in [2.05, 4.69) is 41.0 Å². The van der Waals surface area contributed by atoms with Crippen LogP contribution in [0.15, 0.2) is 48.5 Å². The number of rotatable bonds is 10. The number of hydrogen-bond donors (Lipinski definition) is 1. The van der Waals surface area contributed by atoms with Crippen molar-refractivity contribution in [1.82, 2.24) is 9.88 Å². The number of hydrogen-bond acceptors (Lipinski definition) is 5. The molecule has 0 aliphatic heterocycles. The van der Waals surface area contributed by atoms with Crippen molar-refractivity contribution in [3.05, 3.63) is 82.4 Å². The van der Waals surface area contributed by atoms with Crippen molar-refractivity contribution >= 4 is 46.1 Å². The minimum absolute atomic E-state index is 0.0133. The van der Waals surface area contributed by atoms with Gasteiger partial charge in [0.2, 0.25) is 5.91 Å². The number of aromatic nitrogens is 1. The Labute approximate surface area is 225 Å². The van der Waals surface area contributed by atoms with Crippen LogP contribution in [-0.2, 0) is 38.3 Å². The molecule has 0 aliphatic rings. The van der Waals surface area contributed by atoms with E-state index in [4.69, 9.17) is 9.47 Å². The highest BCUT2D eigenvalue weighted by Crippen LogP contribution is 2.28. The monoisotopic (exact) mass is 574 g/mol. The Balaban J connectivity index is 2.46. The molecule has 1 aromatic heterocycles. The summed E-state index contributed by atoms with van der Waals surface area (Å²) in [4.78, 5) is 38.7. The van der Waals surface area contributed by atoms with Crippen LogP contribution in [0.25, 0.3) is 12.2 Å². The highest BCUT2D eigenvalue weighted by Gasteiger charge is 2.29. The number of halogens is 2.